The molecule has 0 aromatic heterocycles. The first-order chi connectivity index (χ1) is 8.34. The van der Waals surface area contributed by atoms with Gasteiger partial charge in [0.25, 0.3) is 0 Å². The molecule has 0 atom stereocenters. The van der Waals surface area contributed by atoms with Crippen LogP contribution in [0.15, 0.2) is 54.6 Å². The number of hydrogen-bond acceptors (Lipinski definition) is 2. The van der Waals surface area contributed by atoms with Crippen LogP contribution in [0.4, 0.5) is 11.4 Å². The van der Waals surface area contributed by atoms with Crippen LogP contribution in [0.25, 0.3) is 0 Å². The first kappa shape index (κ1) is 11.8. The van der Waals surface area contributed by atoms with E-state index in [1.807, 2.05) is 42.5 Å². The Labute approximate surface area is 107 Å². The van der Waals surface area contributed by atoms with Crippen LogP contribution in [0.5, 0.6) is 0 Å². The molecule has 0 radical (unpaired) electrons. The van der Waals surface area contributed by atoms with Gasteiger partial charge >= 0.3 is 0 Å². The van der Waals surface area contributed by atoms with Crippen molar-refractivity contribution < 1.29 is 0 Å². The Morgan fingerprint density at radius 1 is 0.706 bits per heavy atom. The average molecular weight is 247 g/mol. The molecular formula is C14H15ClN2. The quantitative estimate of drug-likeness (QED) is 0.783. The van der Waals surface area contributed by atoms with Crippen LogP contribution in [0.1, 0.15) is 0 Å². The van der Waals surface area contributed by atoms with Crippen LogP contribution >= 0.6 is 11.6 Å². The second kappa shape index (κ2) is 6.16. The third-order valence-electron chi connectivity index (χ3n) is 2.40. The predicted octanol–water partition coefficient (Wildman–Crippen LogP) is 3.86. The normalized spacial score (nSPS) is 9.94. The van der Waals surface area contributed by atoms with Crippen molar-refractivity contribution in [2.45, 2.75) is 0 Å². The lowest BCUT2D eigenvalue weighted by Crippen LogP contribution is -2.13. The summed E-state index contributed by atoms with van der Waals surface area (Å²) < 4.78 is 0. The summed E-state index contributed by atoms with van der Waals surface area (Å²) in [7, 11) is 0. The van der Waals surface area contributed by atoms with Gasteiger partial charge in [-0.15, -0.1) is 0 Å². The Kier molecular flexibility index (Phi) is 4.28. The maximum atomic E-state index is 5.81. The molecule has 2 aromatic rings. The Morgan fingerprint density at radius 2 is 1.24 bits per heavy atom. The Morgan fingerprint density at radius 3 is 1.82 bits per heavy atom. The lowest BCUT2D eigenvalue weighted by atomic mass is 10.3. The van der Waals surface area contributed by atoms with E-state index < -0.39 is 0 Å². The molecule has 0 amide bonds. The maximum absolute atomic E-state index is 5.81. The molecule has 0 aliphatic rings. The molecule has 0 saturated heterocycles. The molecule has 0 spiro atoms. The molecule has 2 aromatic carbocycles. The van der Waals surface area contributed by atoms with Crippen LogP contribution in [0, 0.1) is 0 Å². The van der Waals surface area contributed by atoms with Gasteiger partial charge in [-0.2, -0.15) is 0 Å². The fourth-order valence-electron chi connectivity index (χ4n) is 1.54. The van der Waals surface area contributed by atoms with E-state index >= 15 is 0 Å². The highest BCUT2D eigenvalue weighted by atomic mass is 35.5. The van der Waals surface area contributed by atoms with E-state index in [0.29, 0.717) is 0 Å². The lowest BCUT2D eigenvalue weighted by Gasteiger charge is -2.08. The summed E-state index contributed by atoms with van der Waals surface area (Å²) in [6, 6.07) is 17.9. The standard InChI is InChI=1S/C14H15ClN2/c15-12-6-8-14(9-7-12)17-11-10-16-13-4-2-1-3-5-13/h1-9,16-17H,10-11H2. The zero-order valence-corrected chi connectivity index (χ0v) is 10.2. The van der Waals surface area contributed by atoms with E-state index in [1.165, 1.54) is 0 Å². The van der Waals surface area contributed by atoms with Crippen molar-refractivity contribution >= 4 is 23.0 Å². The van der Waals surface area contributed by atoms with Crippen molar-refractivity contribution in [2.24, 2.45) is 0 Å². The highest BCUT2D eigenvalue weighted by Gasteiger charge is 1.92. The van der Waals surface area contributed by atoms with E-state index in [1.54, 1.807) is 0 Å². The smallest absolute Gasteiger partial charge is 0.0407 e. The van der Waals surface area contributed by atoms with Crippen molar-refractivity contribution in [1.82, 2.24) is 0 Å². The zero-order chi connectivity index (χ0) is 11.9. The number of anilines is 2. The molecule has 0 bridgehead atoms. The van der Waals surface area contributed by atoms with E-state index in [-0.39, 0.29) is 0 Å². The number of hydrogen-bond donors (Lipinski definition) is 2. The van der Waals surface area contributed by atoms with Gasteiger partial charge in [0.05, 0.1) is 0 Å². The topological polar surface area (TPSA) is 24.1 Å². The number of halogens is 1. The van der Waals surface area contributed by atoms with E-state index in [9.17, 15) is 0 Å². The highest BCUT2D eigenvalue weighted by Crippen LogP contribution is 2.12. The largest absolute Gasteiger partial charge is 0.383 e. The summed E-state index contributed by atoms with van der Waals surface area (Å²) >= 11 is 5.81. The average Bonchev–Trinajstić information content (AvgIpc) is 2.38. The monoisotopic (exact) mass is 246 g/mol. The maximum Gasteiger partial charge on any atom is 0.0407 e. The second-order valence-electron chi connectivity index (χ2n) is 3.73. The predicted molar refractivity (Wildman–Crippen MR) is 74.9 cm³/mol. The summed E-state index contributed by atoms with van der Waals surface area (Å²) in [5.41, 5.74) is 2.23. The minimum absolute atomic E-state index is 0.762. The lowest BCUT2D eigenvalue weighted by molar-refractivity contribution is 1.08. The van der Waals surface area contributed by atoms with Crippen molar-refractivity contribution in [3.05, 3.63) is 59.6 Å². The van der Waals surface area contributed by atoms with Gasteiger partial charge in [-0.05, 0) is 36.4 Å². The SMILES string of the molecule is Clc1ccc(NCCNc2ccccc2)cc1. The van der Waals surface area contributed by atoms with Gasteiger partial charge < -0.3 is 10.6 Å². The molecule has 0 fully saturated rings. The number of para-hydroxylation sites is 1. The minimum atomic E-state index is 0.762. The third-order valence-corrected chi connectivity index (χ3v) is 2.65. The van der Waals surface area contributed by atoms with Gasteiger partial charge in [0.2, 0.25) is 0 Å². The molecule has 0 saturated carbocycles. The fraction of sp³-hybridized carbons (Fsp3) is 0.143. The summed E-state index contributed by atoms with van der Waals surface area (Å²) in [5, 5.41) is 7.42. The molecule has 0 aliphatic carbocycles. The summed E-state index contributed by atoms with van der Waals surface area (Å²) in [6.45, 7) is 1.75. The van der Waals surface area contributed by atoms with Crippen LogP contribution in [0.3, 0.4) is 0 Å². The summed E-state index contributed by atoms with van der Waals surface area (Å²) in [6.07, 6.45) is 0. The molecule has 2 rings (SSSR count). The highest BCUT2D eigenvalue weighted by molar-refractivity contribution is 6.30. The van der Waals surface area contributed by atoms with Gasteiger partial charge in [0, 0.05) is 29.5 Å². The number of benzene rings is 2. The van der Waals surface area contributed by atoms with Gasteiger partial charge in [-0.25, -0.2) is 0 Å². The molecule has 17 heavy (non-hydrogen) atoms. The third kappa shape index (κ3) is 4.00. The van der Waals surface area contributed by atoms with Crippen molar-refractivity contribution in [3.8, 4) is 0 Å². The molecule has 3 heteroatoms. The Bertz CT molecular complexity index is 440. The van der Waals surface area contributed by atoms with Crippen LogP contribution < -0.4 is 10.6 Å². The van der Waals surface area contributed by atoms with Gasteiger partial charge in [0.15, 0.2) is 0 Å². The number of nitrogens with one attached hydrogen (secondary N) is 2. The van der Waals surface area contributed by atoms with E-state index in [0.717, 1.165) is 29.5 Å². The Balaban J connectivity index is 1.71. The molecule has 0 unspecified atom stereocenters. The van der Waals surface area contributed by atoms with Gasteiger partial charge in [0.1, 0.15) is 0 Å². The molecule has 0 heterocycles. The van der Waals surface area contributed by atoms with Gasteiger partial charge in [-0.3, -0.25) is 0 Å². The van der Waals surface area contributed by atoms with Crippen LogP contribution in [-0.2, 0) is 0 Å². The van der Waals surface area contributed by atoms with Crippen molar-refractivity contribution in [1.29, 1.82) is 0 Å². The second-order valence-corrected chi connectivity index (χ2v) is 4.16. The Hall–Kier alpha value is -1.67. The zero-order valence-electron chi connectivity index (χ0n) is 9.49. The molecule has 88 valence electrons. The summed E-state index contributed by atoms with van der Waals surface area (Å²) in [4.78, 5) is 0. The first-order valence-corrected chi connectivity index (χ1v) is 6.01. The van der Waals surface area contributed by atoms with Crippen LogP contribution in [0.2, 0.25) is 5.02 Å². The molecule has 0 aliphatic heterocycles. The summed E-state index contributed by atoms with van der Waals surface area (Å²) in [5.74, 6) is 0. The molecule has 2 nitrogen and oxygen atoms in total. The van der Waals surface area contributed by atoms with E-state index in [2.05, 4.69) is 22.8 Å². The van der Waals surface area contributed by atoms with Crippen molar-refractivity contribution in [2.75, 3.05) is 23.7 Å². The van der Waals surface area contributed by atoms with Crippen molar-refractivity contribution in [3.63, 3.8) is 0 Å². The number of rotatable bonds is 5. The molecule has 2 N–H and O–H groups in total. The van der Waals surface area contributed by atoms with Gasteiger partial charge in [-0.1, -0.05) is 29.8 Å². The fourth-order valence-corrected chi connectivity index (χ4v) is 1.66. The first-order valence-electron chi connectivity index (χ1n) is 5.63. The van der Waals surface area contributed by atoms with Crippen LogP contribution in [-0.4, -0.2) is 13.1 Å². The minimum Gasteiger partial charge on any atom is -0.383 e. The van der Waals surface area contributed by atoms with E-state index in [4.69, 9.17) is 11.6 Å². The molecular weight excluding hydrogens is 232 g/mol.